The van der Waals surface area contributed by atoms with Gasteiger partial charge in [0.05, 0.1) is 0 Å². The van der Waals surface area contributed by atoms with Crippen LogP contribution in [0.5, 0.6) is 0 Å². The first kappa shape index (κ1) is 10.8. The van der Waals surface area contributed by atoms with Crippen molar-refractivity contribution >= 4 is 63.2 Å². The molecule has 0 N–H and O–H groups in total. The van der Waals surface area contributed by atoms with Gasteiger partial charge in [0.1, 0.15) is 0 Å². The van der Waals surface area contributed by atoms with E-state index in [9.17, 15) is 4.79 Å². The SMILES string of the molecule is O=C(C1=CC(I)=CC1)C(Cl)(Cl)Cl. The number of halogens is 4. The summed E-state index contributed by atoms with van der Waals surface area (Å²) in [5, 5.41) is 0. The van der Waals surface area contributed by atoms with E-state index in [-0.39, 0.29) is 0 Å². The molecule has 5 heteroatoms. The summed E-state index contributed by atoms with van der Waals surface area (Å²) >= 11 is 18.4. The number of alkyl halides is 3. The molecule has 1 nitrogen and oxygen atoms in total. The number of allylic oxidation sites excluding steroid dienone is 4. The van der Waals surface area contributed by atoms with Gasteiger partial charge in [0.2, 0.25) is 5.78 Å². The first-order valence-electron chi connectivity index (χ1n) is 3.09. The number of Topliss-reactive ketones (excluding diaryl/α,β-unsaturated/α-hetero) is 1. The van der Waals surface area contributed by atoms with Crippen LogP contribution in [0.4, 0.5) is 0 Å². The first-order valence-corrected chi connectivity index (χ1v) is 5.30. The van der Waals surface area contributed by atoms with E-state index in [1.54, 1.807) is 6.08 Å². The third-order valence-electron chi connectivity index (χ3n) is 1.38. The Morgan fingerprint density at radius 3 is 2.42 bits per heavy atom. The molecule has 0 saturated carbocycles. The lowest BCUT2D eigenvalue weighted by Gasteiger charge is -2.08. The van der Waals surface area contributed by atoms with E-state index in [1.807, 2.05) is 6.08 Å². The molecule has 0 bridgehead atoms. The zero-order valence-corrected chi connectivity index (χ0v) is 10.2. The molecule has 0 fully saturated rings. The van der Waals surface area contributed by atoms with Gasteiger partial charge in [-0.2, -0.15) is 0 Å². The van der Waals surface area contributed by atoms with E-state index < -0.39 is 9.58 Å². The van der Waals surface area contributed by atoms with Crippen LogP contribution >= 0.6 is 57.4 Å². The van der Waals surface area contributed by atoms with Crippen molar-refractivity contribution in [3.63, 3.8) is 0 Å². The summed E-state index contributed by atoms with van der Waals surface area (Å²) in [7, 11) is 0. The topological polar surface area (TPSA) is 17.1 Å². The minimum atomic E-state index is -1.82. The zero-order chi connectivity index (χ0) is 9.35. The van der Waals surface area contributed by atoms with Crippen LogP contribution in [0.3, 0.4) is 0 Å². The van der Waals surface area contributed by atoms with Crippen molar-refractivity contribution in [3.05, 3.63) is 21.3 Å². The monoisotopic (exact) mass is 336 g/mol. The second-order valence-electron chi connectivity index (χ2n) is 2.29. The van der Waals surface area contributed by atoms with E-state index in [2.05, 4.69) is 22.6 Å². The normalized spacial score (nSPS) is 17.3. The summed E-state index contributed by atoms with van der Waals surface area (Å²) in [5.41, 5.74) is 0.555. The molecule has 0 aromatic carbocycles. The number of hydrogen-bond acceptors (Lipinski definition) is 1. The Balaban J connectivity index is 2.76. The van der Waals surface area contributed by atoms with Crippen molar-refractivity contribution in [1.82, 2.24) is 0 Å². The van der Waals surface area contributed by atoms with Gasteiger partial charge in [-0.15, -0.1) is 0 Å². The van der Waals surface area contributed by atoms with Crippen LogP contribution in [0, 0.1) is 0 Å². The molecule has 0 saturated heterocycles. The van der Waals surface area contributed by atoms with Gasteiger partial charge in [0.15, 0.2) is 0 Å². The maximum absolute atomic E-state index is 11.3. The van der Waals surface area contributed by atoms with Crippen molar-refractivity contribution in [3.8, 4) is 0 Å². The number of carbonyl (C=O) groups is 1. The molecule has 66 valence electrons. The minimum absolute atomic E-state index is 0.435. The van der Waals surface area contributed by atoms with Gasteiger partial charge in [-0.1, -0.05) is 40.9 Å². The van der Waals surface area contributed by atoms with E-state index in [0.717, 1.165) is 3.58 Å². The summed E-state index contributed by atoms with van der Waals surface area (Å²) in [6, 6.07) is 0. The molecule has 1 rings (SSSR count). The second-order valence-corrected chi connectivity index (χ2v) is 5.82. The third kappa shape index (κ3) is 2.62. The van der Waals surface area contributed by atoms with Crippen LogP contribution in [0.1, 0.15) is 6.42 Å². The van der Waals surface area contributed by atoms with Crippen LogP contribution in [0.2, 0.25) is 0 Å². The predicted octanol–water partition coefficient (Wildman–Crippen LogP) is 3.57. The van der Waals surface area contributed by atoms with Gasteiger partial charge in [-0.25, -0.2) is 0 Å². The highest BCUT2D eigenvalue weighted by Gasteiger charge is 2.33. The largest absolute Gasteiger partial charge is 0.290 e. The maximum Gasteiger partial charge on any atom is 0.253 e. The van der Waals surface area contributed by atoms with Gasteiger partial charge in [0, 0.05) is 9.15 Å². The lowest BCUT2D eigenvalue weighted by atomic mass is 10.1. The van der Waals surface area contributed by atoms with Gasteiger partial charge in [-0.05, 0) is 35.1 Å². The highest BCUT2D eigenvalue weighted by molar-refractivity contribution is 14.1. The number of hydrogen-bond donors (Lipinski definition) is 0. The molecule has 0 aromatic heterocycles. The zero-order valence-electron chi connectivity index (χ0n) is 5.78. The van der Waals surface area contributed by atoms with Crippen molar-refractivity contribution in [2.75, 3.05) is 0 Å². The highest BCUT2D eigenvalue weighted by atomic mass is 127. The quantitative estimate of drug-likeness (QED) is 0.528. The average Bonchev–Trinajstić information content (AvgIpc) is 2.32. The summed E-state index contributed by atoms with van der Waals surface area (Å²) in [4.78, 5) is 11.3. The van der Waals surface area contributed by atoms with Crippen LogP contribution in [-0.2, 0) is 4.79 Å². The van der Waals surface area contributed by atoms with Gasteiger partial charge < -0.3 is 0 Å². The summed E-state index contributed by atoms with van der Waals surface area (Å²) < 4.78 is -0.814. The number of rotatable bonds is 1. The molecule has 0 atom stereocenters. The lowest BCUT2D eigenvalue weighted by molar-refractivity contribution is -0.114. The molecule has 0 unspecified atom stereocenters. The van der Waals surface area contributed by atoms with Gasteiger partial charge >= 0.3 is 0 Å². The Morgan fingerprint density at radius 1 is 1.50 bits per heavy atom. The fraction of sp³-hybridized carbons (Fsp3) is 0.286. The fourth-order valence-electron chi connectivity index (χ4n) is 0.832. The Labute approximate surface area is 98.9 Å². The third-order valence-corrected chi connectivity index (χ3v) is 2.64. The van der Waals surface area contributed by atoms with Crippen molar-refractivity contribution in [2.45, 2.75) is 10.2 Å². The standard InChI is InChI=1S/C7H4Cl3IO/c8-7(9,10)6(12)4-1-2-5(11)3-4/h2-3H,1H2. The molecule has 0 radical (unpaired) electrons. The molecule has 1 aliphatic rings. The predicted molar refractivity (Wildman–Crippen MR) is 60.1 cm³/mol. The Kier molecular flexibility index (Phi) is 3.49. The minimum Gasteiger partial charge on any atom is -0.290 e. The van der Waals surface area contributed by atoms with Crippen LogP contribution < -0.4 is 0 Å². The van der Waals surface area contributed by atoms with Crippen molar-refractivity contribution < 1.29 is 4.79 Å². The summed E-state index contributed by atoms with van der Waals surface area (Å²) in [5.74, 6) is -0.435. The van der Waals surface area contributed by atoms with Gasteiger partial charge in [-0.3, -0.25) is 4.79 Å². The average molecular weight is 337 g/mol. The molecular formula is C7H4Cl3IO. The molecule has 0 amide bonds. The summed E-state index contributed by atoms with van der Waals surface area (Å²) in [6.45, 7) is 0. The molecule has 1 aliphatic carbocycles. The van der Waals surface area contributed by atoms with Gasteiger partial charge in [0.25, 0.3) is 3.79 Å². The molecular weight excluding hydrogens is 333 g/mol. The molecule has 12 heavy (non-hydrogen) atoms. The Hall–Kier alpha value is 0.750. The molecule has 0 heterocycles. The number of carbonyl (C=O) groups excluding carboxylic acids is 1. The van der Waals surface area contributed by atoms with E-state index in [4.69, 9.17) is 34.8 Å². The Morgan fingerprint density at radius 2 is 2.08 bits per heavy atom. The smallest absolute Gasteiger partial charge is 0.253 e. The van der Waals surface area contributed by atoms with Crippen LogP contribution in [0.15, 0.2) is 21.3 Å². The fourth-order valence-corrected chi connectivity index (χ4v) is 1.79. The van der Waals surface area contributed by atoms with Crippen molar-refractivity contribution in [2.24, 2.45) is 0 Å². The van der Waals surface area contributed by atoms with Crippen molar-refractivity contribution in [1.29, 1.82) is 0 Å². The van der Waals surface area contributed by atoms with E-state index in [0.29, 0.717) is 12.0 Å². The summed E-state index contributed by atoms with van der Waals surface area (Å²) in [6.07, 6.45) is 4.19. The second kappa shape index (κ2) is 3.86. The van der Waals surface area contributed by atoms with E-state index in [1.165, 1.54) is 0 Å². The van der Waals surface area contributed by atoms with Crippen LogP contribution in [-0.4, -0.2) is 9.58 Å². The highest BCUT2D eigenvalue weighted by Crippen LogP contribution is 2.34. The first-order chi connectivity index (χ1) is 5.41. The van der Waals surface area contributed by atoms with Crippen LogP contribution in [0.25, 0.3) is 0 Å². The maximum atomic E-state index is 11.3. The Bertz CT molecular complexity index is 275. The molecule has 0 aromatic rings. The number of ketones is 1. The molecule has 0 aliphatic heterocycles. The molecule has 0 spiro atoms. The lowest BCUT2D eigenvalue weighted by Crippen LogP contribution is -2.20. The van der Waals surface area contributed by atoms with E-state index >= 15 is 0 Å².